The average Bonchev–Trinajstić information content (AvgIpc) is 3.51. The van der Waals surface area contributed by atoms with Crippen molar-refractivity contribution in [1.82, 2.24) is 0 Å². The van der Waals surface area contributed by atoms with Crippen LogP contribution in [-0.2, 0) is 14.3 Å². The van der Waals surface area contributed by atoms with Crippen molar-refractivity contribution in [3.8, 4) is 0 Å². The van der Waals surface area contributed by atoms with Crippen molar-refractivity contribution < 1.29 is 12.8 Å². The summed E-state index contributed by atoms with van der Waals surface area (Å²) in [5, 5.41) is 2.64. The summed E-state index contributed by atoms with van der Waals surface area (Å²) >= 11 is 3.45. The van der Waals surface area contributed by atoms with E-state index in [4.69, 9.17) is 4.43 Å². The third-order valence-corrected chi connectivity index (χ3v) is 16.1. The highest BCUT2D eigenvalue weighted by atomic mass is 79.9. The quantitative estimate of drug-likeness (QED) is 0.383. The molecule has 164 valence electrons. The number of benzene rings is 2. The van der Waals surface area contributed by atoms with Crippen molar-refractivity contribution in [1.29, 1.82) is 0 Å². The van der Waals surface area contributed by atoms with Gasteiger partial charge in [-0.2, -0.15) is 0 Å². The highest BCUT2D eigenvalue weighted by Gasteiger charge is 2.60. The van der Waals surface area contributed by atoms with Crippen LogP contribution < -0.4 is 10.4 Å². The summed E-state index contributed by atoms with van der Waals surface area (Å²) < 4.78 is 32.4. The Morgan fingerprint density at radius 2 is 1.33 bits per heavy atom. The van der Waals surface area contributed by atoms with Crippen molar-refractivity contribution in [2.45, 2.75) is 62.0 Å². The molecule has 0 saturated heterocycles. The molecule has 0 unspecified atom stereocenters. The Bertz CT molecular complexity index is 923. The number of rotatable bonds is 8. The first kappa shape index (κ1) is 23.7. The third-order valence-electron chi connectivity index (χ3n) is 6.40. The summed E-state index contributed by atoms with van der Waals surface area (Å²) in [4.78, 5) is 0. The minimum Gasteiger partial charge on any atom is -0.406 e. The number of sulfone groups is 1. The van der Waals surface area contributed by atoms with Crippen LogP contribution in [0.2, 0.25) is 5.04 Å². The van der Waals surface area contributed by atoms with Crippen LogP contribution >= 0.6 is 15.9 Å². The summed E-state index contributed by atoms with van der Waals surface area (Å²) in [6.07, 6.45) is 1.45. The van der Waals surface area contributed by atoms with Crippen molar-refractivity contribution in [2.24, 2.45) is 0 Å². The molecule has 0 N–H and O–H groups in total. The molecule has 2 aromatic carbocycles. The Morgan fingerprint density at radius 1 is 0.900 bits per heavy atom. The van der Waals surface area contributed by atoms with E-state index in [2.05, 4.69) is 61.0 Å². The average molecular weight is 510 g/mol. The zero-order valence-electron chi connectivity index (χ0n) is 18.6. The topological polar surface area (TPSA) is 43.4 Å². The molecule has 1 aliphatic carbocycles. The van der Waals surface area contributed by atoms with Gasteiger partial charge in [-0.25, -0.2) is 8.42 Å². The van der Waals surface area contributed by atoms with E-state index < -0.39 is 27.6 Å². The van der Waals surface area contributed by atoms with Crippen LogP contribution in [0.3, 0.4) is 0 Å². The summed E-state index contributed by atoms with van der Waals surface area (Å²) in [5.41, 5.74) is 0. The first-order valence-corrected chi connectivity index (χ1v) is 15.0. The molecule has 30 heavy (non-hydrogen) atoms. The van der Waals surface area contributed by atoms with Gasteiger partial charge >= 0.3 is 0 Å². The molecular formula is C24H33BrO3SSi. The maximum absolute atomic E-state index is 13.5. The second-order valence-electron chi connectivity index (χ2n) is 10.0. The largest absolute Gasteiger partial charge is 0.406 e. The van der Waals surface area contributed by atoms with Crippen molar-refractivity contribution in [2.75, 3.05) is 11.9 Å². The molecule has 0 aliphatic heterocycles. The Kier molecular flexibility index (Phi) is 6.47. The monoisotopic (exact) mass is 508 g/mol. The molecule has 6 heteroatoms. The number of hydrogen-bond acceptors (Lipinski definition) is 3. The summed E-state index contributed by atoms with van der Waals surface area (Å²) in [7, 11) is -6.12. The highest BCUT2D eigenvalue weighted by molar-refractivity contribution is 9.09. The van der Waals surface area contributed by atoms with Gasteiger partial charge in [-0.15, -0.1) is 0 Å². The first-order valence-electron chi connectivity index (χ1n) is 10.5. The fourth-order valence-electron chi connectivity index (χ4n) is 4.32. The van der Waals surface area contributed by atoms with Gasteiger partial charge in [0.2, 0.25) is 0 Å². The molecule has 1 aliphatic rings. The molecule has 0 amide bonds. The predicted octanol–water partition coefficient (Wildman–Crippen LogP) is 4.68. The molecule has 0 bridgehead atoms. The standard InChI is InChI=1S/C24H33BrO3SSi/c1-22(2,3)30(20-12-8-6-9-13-20,21-14-10-7-11-15-21)28-19-23(4,5)29(26,27)24(18-25)16-17-24/h6-15H,16-19H2,1-5H3. The van der Waals surface area contributed by atoms with Gasteiger partial charge in [-0.1, -0.05) is 97.4 Å². The van der Waals surface area contributed by atoms with E-state index in [0.29, 0.717) is 5.33 Å². The Hall–Kier alpha value is -0.953. The van der Waals surface area contributed by atoms with Gasteiger partial charge in [0, 0.05) is 5.33 Å². The molecule has 1 fully saturated rings. The van der Waals surface area contributed by atoms with Gasteiger partial charge in [0.25, 0.3) is 8.32 Å². The van der Waals surface area contributed by atoms with Crippen LogP contribution in [0.4, 0.5) is 0 Å². The van der Waals surface area contributed by atoms with Gasteiger partial charge < -0.3 is 4.43 Å². The second kappa shape index (κ2) is 8.19. The molecule has 0 atom stereocenters. The van der Waals surface area contributed by atoms with Gasteiger partial charge in [0.15, 0.2) is 9.84 Å². The van der Waals surface area contributed by atoms with Crippen LogP contribution in [0, 0.1) is 0 Å². The lowest BCUT2D eigenvalue weighted by Gasteiger charge is -2.45. The SMILES string of the molecule is CC(C)(C)[Si](OCC(C)(C)S(=O)(=O)C1(CBr)CC1)(c1ccccc1)c1ccccc1. The molecule has 1 saturated carbocycles. The van der Waals surface area contributed by atoms with Crippen LogP contribution in [0.25, 0.3) is 0 Å². The molecule has 3 rings (SSSR count). The lowest BCUT2D eigenvalue weighted by atomic mass is 10.2. The zero-order chi connectivity index (χ0) is 22.3. The normalized spacial score (nSPS) is 17.0. The fraction of sp³-hybridized carbons (Fsp3) is 0.500. The van der Waals surface area contributed by atoms with E-state index in [1.54, 1.807) is 0 Å². The zero-order valence-corrected chi connectivity index (χ0v) is 22.0. The van der Waals surface area contributed by atoms with E-state index in [1.165, 1.54) is 10.4 Å². The van der Waals surface area contributed by atoms with Crippen molar-refractivity contribution >= 4 is 44.5 Å². The van der Waals surface area contributed by atoms with Crippen LogP contribution in [0.5, 0.6) is 0 Å². The van der Waals surface area contributed by atoms with Gasteiger partial charge in [-0.3, -0.25) is 0 Å². The maximum atomic E-state index is 13.5. The first-order chi connectivity index (χ1) is 13.9. The number of hydrogen-bond donors (Lipinski definition) is 0. The fourth-order valence-corrected chi connectivity index (χ4v) is 12.8. The van der Waals surface area contributed by atoms with Crippen LogP contribution in [0.15, 0.2) is 60.7 Å². The van der Waals surface area contributed by atoms with Crippen molar-refractivity contribution in [3.05, 3.63) is 60.7 Å². The van der Waals surface area contributed by atoms with E-state index in [-0.39, 0.29) is 11.6 Å². The van der Waals surface area contributed by atoms with E-state index in [1.807, 2.05) is 50.2 Å². The van der Waals surface area contributed by atoms with E-state index >= 15 is 0 Å². The molecule has 3 nitrogen and oxygen atoms in total. The Balaban J connectivity index is 2.08. The predicted molar refractivity (Wildman–Crippen MR) is 132 cm³/mol. The summed E-state index contributed by atoms with van der Waals surface area (Å²) in [6.45, 7) is 10.5. The minimum atomic E-state index is -3.36. The lowest BCUT2D eigenvalue weighted by molar-refractivity contribution is 0.263. The number of halogens is 1. The van der Waals surface area contributed by atoms with Crippen LogP contribution in [-0.4, -0.2) is 38.2 Å². The Morgan fingerprint density at radius 3 is 1.67 bits per heavy atom. The highest BCUT2D eigenvalue weighted by Crippen LogP contribution is 2.50. The minimum absolute atomic E-state index is 0.178. The summed E-state index contributed by atoms with van der Waals surface area (Å²) in [6, 6.07) is 20.7. The van der Waals surface area contributed by atoms with Gasteiger partial charge in [0.1, 0.15) is 0 Å². The van der Waals surface area contributed by atoms with Gasteiger partial charge in [-0.05, 0) is 42.1 Å². The third kappa shape index (κ3) is 3.85. The second-order valence-corrected chi connectivity index (χ2v) is 17.9. The molecule has 0 spiro atoms. The van der Waals surface area contributed by atoms with Crippen molar-refractivity contribution in [3.63, 3.8) is 0 Å². The molecular weight excluding hydrogens is 476 g/mol. The molecule has 0 radical (unpaired) electrons. The molecule has 0 heterocycles. The molecule has 0 aromatic heterocycles. The summed E-state index contributed by atoms with van der Waals surface area (Å²) in [5.74, 6) is 0. The van der Waals surface area contributed by atoms with Crippen LogP contribution in [0.1, 0.15) is 47.5 Å². The van der Waals surface area contributed by atoms with E-state index in [0.717, 1.165) is 12.8 Å². The Labute approximate surface area is 191 Å². The lowest BCUT2D eigenvalue weighted by Crippen LogP contribution is -2.67. The smallest absolute Gasteiger partial charge is 0.261 e. The maximum Gasteiger partial charge on any atom is 0.261 e. The number of alkyl halides is 1. The van der Waals surface area contributed by atoms with E-state index in [9.17, 15) is 8.42 Å². The molecule has 2 aromatic rings. The van der Waals surface area contributed by atoms with Gasteiger partial charge in [0.05, 0.1) is 16.1 Å².